The molecule has 1 fully saturated rings. The molecule has 0 saturated carbocycles. The maximum atomic E-state index is 12.3. The lowest BCUT2D eigenvalue weighted by Gasteiger charge is -2.16. The molecule has 11 heteroatoms. The van der Waals surface area contributed by atoms with Gasteiger partial charge in [-0.05, 0) is 23.1 Å². The van der Waals surface area contributed by atoms with Crippen molar-refractivity contribution >= 4 is 22.8 Å². The quantitative estimate of drug-likeness (QED) is 0.377. The third-order valence-electron chi connectivity index (χ3n) is 5.45. The molecule has 1 amide bonds. The third-order valence-corrected chi connectivity index (χ3v) is 5.45. The Labute approximate surface area is 174 Å². The fourth-order valence-electron chi connectivity index (χ4n) is 3.70. The van der Waals surface area contributed by atoms with Crippen LogP contribution < -0.4 is 0 Å². The van der Waals surface area contributed by atoms with Crippen LogP contribution in [-0.2, 0) is 10.4 Å². The molecular weight excluding hydrogens is 404 g/mol. The lowest BCUT2D eigenvalue weighted by molar-refractivity contribution is -0.388. The van der Waals surface area contributed by atoms with Gasteiger partial charge in [0.1, 0.15) is 11.2 Å². The number of fused-ring (bicyclic) bond motifs is 1. The van der Waals surface area contributed by atoms with E-state index in [-0.39, 0.29) is 23.4 Å². The second kappa shape index (κ2) is 6.71. The molecule has 1 atom stereocenters. The van der Waals surface area contributed by atoms with Crippen molar-refractivity contribution in [3.63, 3.8) is 0 Å². The van der Waals surface area contributed by atoms with Crippen LogP contribution in [0.5, 0.6) is 0 Å². The zero-order valence-corrected chi connectivity index (χ0v) is 16.3. The molecule has 0 unspecified atom stereocenters. The molecule has 31 heavy (non-hydrogen) atoms. The van der Waals surface area contributed by atoms with Gasteiger partial charge in [0.05, 0.1) is 5.69 Å². The number of aromatic amines is 1. The number of hydrogen-bond acceptors (Lipinski definition) is 8. The Morgan fingerprint density at radius 2 is 2.06 bits per heavy atom. The molecule has 4 aromatic rings. The Kier molecular flexibility index (Phi) is 4.08. The number of aliphatic hydroxyl groups is 1. The molecule has 4 heterocycles. The average molecular weight is 420 g/mol. The van der Waals surface area contributed by atoms with E-state index in [1.807, 2.05) is 6.07 Å². The number of H-pyrrole nitrogens is 1. The fraction of sp³-hybridized carbons (Fsp3) is 0.200. The van der Waals surface area contributed by atoms with Crippen molar-refractivity contribution in [2.75, 3.05) is 13.6 Å². The maximum Gasteiger partial charge on any atom is 0.369 e. The van der Waals surface area contributed by atoms with Crippen molar-refractivity contribution in [1.29, 1.82) is 0 Å². The van der Waals surface area contributed by atoms with E-state index >= 15 is 0 Å². The molecule has 1 aromatic carbocycles. The largest absolute Gasteiger partial charge is 0.374 e. The first-order valence-corrected chi connectivity index (χ1v) is 9.42. The Morgan fingerprint density at radius 1 is 1.26 bits per heavy atom. The minimum Gasteiger partial charge on any atom is -0.374 e. The number of carbonyl (C=O) groups excluding carboxylic acids is 1. The second-order valence-corrected chi connectivity index (χ2v) is 7.39. The Morgan fingerprint density at radius 3 is 2.81 bits per heavy atom. The first-order valence-electron chi connectivity index (χ1n) is 9.42. The number of aromatic nitrogens is 4. The van der Waals surface area contributed by atoms with Crippen LogP contribution in [0.2, 0.25) is 0 Å². The number of carbonyl (C=O) groups is 1. The lowest BCUT2D eigenvalue weighted by Crippen LogP contribution is -2.36. The molecule has 2 N–H and O–H groups in total. The van der Waals surface area contributed by atoms with E-state index in [1.54, 1.807) is 43.4 Å². The van der Waals surface area contributed by atoms with Gasteiger partial charge in [0.15, 0.2) is 16.9 Å². The van der Waals surface area contributed by atoms with Crippen molar-refractivity contribution in [2.24, 2.45) is 0 Å². The van der Waals surface area contributed by atoms with Crippen LogP contribution in [0, 0.1) is 10.1 Å². The van der Waals surface area contributed by atoms with Crippen LogP contribution in [0.1, 0.15) is 12.1 Å². The van der Waals surface area contributed by atoms with Gasteiger partial charge in [0.25, 0.3) is 5.91 Å². The number of nitro groups is 1. The molecule has 1 aliphatic rings. The summed E-state index contributed by atoms with van der Waals surface area (Å²) in [7, 11) is 1.62. The summed E-state index contributed by atoms with van der Waals surface area (Å²) < 4.78 is 5.41. The van der Waals surface area contributed by atoms with Crippen LogP contribution in [0.3, 0.4) is 0 Å². The summed E-state index contributed by atoms with van der Waals surface area (Å²) in [5.74, 6) is -0.310. The minimum atomic E-state index is -1.69. The number of pyridine rings is 1. The predicted octanol–water partition coefficient (Wildman–Crippen LogP) is 2.24. The molecule has 5 rings (SSSR count). The summed E-state index contributed by atoms with van der Waals surface area (Å²) in [6.07, 6.45) is 0.238. The van der Waals surface area contributed by atoms with Crippen LogP contribution in [0.15, 0.2) is 47.0 Å². The highest BCUT2D eigenvalue weighted by atomic mass is 16.6. The fourth-order valence-corrected chi connectivity index (χ4v) is 3.70. The van der Waals surface area contributed by atoms with E-state index in [4.69, 9.17) is 4.52 Å². The zero-order chi connectivity index (χ0) is 21.8. The van der Waals surface area contributed by atoms with Crippen molar-refractivity contribution in [3.05, 3.63) is 58.3 Å². The lowest BCUT2D eigenvalue weighted by atomic mass is 9.97. The highest BCUT2D eigenvalue weighted by Gasteiger charge is 2.47. The number of nitrogens with zero attached hydrogens (tertiary/aromatic N) is 5. The number of nitrogens with one attached hydrogen (secondary N) is 1. The van der Waals surface area contributed by atoms with Gasteiger partial charge in [-0.1, -0.05) is 28.5 Å². The van der Waals surface area contributed by atoms with E-state index < -0.39 is 16.4 Å². The predicted molar refractivity (Wildman–Crippen MR) is 108 cm³/mol. The van der Waals surface area contributed by atoms with Gasteiger partial charge in [-0.25, -0.2) is 4.98 Å². The topological polar surface area (TPSA) is 151 Å². The van der Waals surface area contributed by atoms with Crippen molar-refractivity contribution in [1.82, 2.24) is 25.2 Å². The summed E-state index contributed by atoms with van der Waals surface area (Å²) in [6, 6.07) is 12.1. The summed E-state index contributed by atoms with van der Waals surface area (Å²) in [5, 5.41) is 32.1. The van der Waals surface area contributed by atoms with Crippen molar-refractivity contribution in [2.45, 2.75) is 12.0 Å². The van der Waals surface area contributed by atoms with E-state index in [0.717, 1.165) is 0 Å². The highest BCUT2D eigenvalue weighted by Crippen LogP contribution is 2.35. The van der Waals surface area contributed by atoms with Crippen LogP contribution in [0.4, 0.5) is 5.82 Å². The van der Waals surface area contributed by atoms with Gasteiger partial charge in [-0.3, -0.25) is 4.79 Å². The van der Waals surface area contributed by atoms with E-state index in [0.29, 0.717) is 34.6 Å². The number of hydrogen-bond donors (Lipinski definition) is 2. The monoisotopic (exact) mass is 420 g/mol. The maximum absolute atomic E-state index is 12.3. The summed E-state index contributed by atoms with van der Waals surface area (Å²) in [6.45, 7) is 0.432. The number of benzene rings is 1. The van der Waals surface area contributed by atoms with Crippen LogP contribution >= 0.6 is 0 Å². The Balaban J connectivity index is 1.51. The number of likely N-dealkylation sites (tertiary alicyclic amines) is 1. The third kappa shape index (κ3) is 2.94. The molecule has 1 saturated heterocycles. The van der Waals surface area contributed by atoms with Gasteiger partial charge >= 0.3 is 5.82 Å². The van der Waals surface area contributed by atoms with Gasteiger partial charge < -0.3 is 24.6 Å². The molecule has 0 bridgehead atoms. The first-order chi connectivity index (χ1) is 14.9. The average Bonchev–Trinajstić information content (AvgIpc) is 3.49. The zero-order valence-electron chi connectivity index (χ0n) is 16.3. The van der Waals surface area contributed by atoms with Crippen LogP contribution in [0.25, 0.3) is 33.6 Å². The van der Waals surface area contributed by atoms with Gasteiger partial charge in [-0.2, -0.15) is 0 Å². The molecule has 0 spiro atoms. The molecular formula is C20H16N6O5. The minimum absolute atomic E-state index is 0.163. The smallest absolute Gasteiger partial charge is 0.369 e. The first kappa shape index (κ1) is 18.9. The number of likely N-dealkylation sites (N-methyl/N-ethyl adjacent to an activating group) is 1. The van der Waals surface area contributed by atoms with Crippen molar-refractivity contribution < 1.29 is 19.3 Å². The molecule has 11 nitrogen and oxygen atoms in total. The van der Waals surface area contributed by atoms with E-state index in [1.165, 1.54) is 4.90 Å². The molecule has 1 aliphatic heterocycles. The highest BCUT2D eigenvalue weighted by molar-refractivity contribution is 5.88. The van der Waals surface area contributed by atoms with Gasteiger partial charge in [0.2, 0.25) is 0 Å². The van der Waals surface area contributed by atoms with E-state index in [9.17, 15) is 20.0 Å². The van der Waals surface area contributed by atoms with Crippen molar-refractivity contribution in [3.8, 4) is 22.6 Å². The number of amides is 1. The standard InChI is InChI=1S/C20H16N6O5/c1-25-8-7-20(28,19(25)27)16-10-15(31-24-16)12-4-2-3-11(9-12)13-5-6-14-17(21-13)18(23-22-14)26(29)30/h2-6,9-10,28H,7-8H2,1H3,(H,22,23)/t20-/m1/s1. The summed E-state index contributed by atoms with van der Waals surface area (Å²) >= 11 is 0. The summed E-state index contributed by atoms with van der Waals surface area (Å²) in [5.41, 5.74) is 0.902. The molecule has 0 aliphatic carbocycles. The molecule has 0 radical (unpaired) electrons. The molecule has 3 aromatic heterocycles. The summed E-state index contributed by atoms with van der Waals surface area (Å²) in [4.78, 5) is 28.7. The Bertz CT molecular complexity index is 1340. The van der Waals surface area contributed by atoms with E-state index in [2.05, 4.69) is 20.3 Å². The van der Waals surface area contributed by atoms with Crippen LogP contribution in [-0.4, -0.2) is 54.8 Å². The normalized spacial score (nSPS) is 18.8. The second-order valence-electron chi connectivity index (χ2n) is 7.39. The van der Waals surface area contributed by atoms with Gasteiger partial charge in [0, 0.05) is 37.2 Å². The Hall–Kier alpha value is -4.12. The number of rotatable bonds is 4. The molecule has 156 valence electrons. The SMILES string of the molecule is CN1CC[C@@](O)(c2cc(-c3cccc(-c4ccc5n[nH]c([N+](=O)[O-])c5n4)c3)on2)C1=O. The van der Waals surface area contributed by atoms with Gasteiger partial charge in [-0.15, -0.1) is 5.10 Å².